The number of rotatable bonds is 5. The van der Waals surface area contributed by atoms with Crippen LogP contribution in [-0.2, 0) is 4.74 Å². The van der Waals surface area contributed by atoms with Crippen molar-refractivity contribution in [2.45, 2.75) is 13.8 Å². The molecule has 0 unspecified atom stereocenters. The number of carbonyl (C=O) groups is 2. The van der Waals surface area contributed by atoms with Gasteiger partial charge in [0, 0.05) is 17.0 Å². The van der Waals surface area contributed by atoms with Gasteiger partial charge in [-0.25, -0.2) is 9.59 Å². The van der Waals surface area contributed by atoms with Crippen LogP contribution in [-0.4, -0.2) is 23.3 Å². The lowest BCUT2D eigenvalue weighted by atomic mass is 10.0. The Balaban J connectivity index is 1.66. The zero-order valence-electron chi connectivity index (χ0n) is 16.5. The van der Waals surface area contributed by atoms with Crippen molar-refractivity contribution >= 4 is 22.7 Å². The molecule has 0 bridgehead atoms. The van der Waals surface area contributed by atoms with Crippen LogP contribution in [0.1, 0.15) is 32.0 Å². The van der Waals surface area contributed by atoms with Crippen molar-refractivity contribution in [1.29, 1.82) is 0 Å². The topological polar surface area (TPSA) is 89.4 Å². The van der Waals surface area contributed by atoms with Gasteiger partial charge in [0.25, 0.3) is 0 Å². The standard InChI is InChI=1S/C24H19NO5/c1-14-12-20(27)30-15(2)21(14)24(28)29-13-19(26)22-17-10-6-7-11-18(17)25-23(22)16-8-4-3-5-9-16/h3-12,25H,13H2,1-2H3. The second-order valence-corrected chi connectivity index (χ2v) is 6.97. The van der Waals surface area contributed by atoms with Crippen molar-refractivity contribution in [2.75, 3.05) is 6.61 Å². The molecule has 4 rings (SSSR count). The number of hydrogen-bond donors (Lipinski definition) is 1. The molecule has 0 aliphatic carbocycles. The van der Waals surface area contributed by atoms with Crippen molar-refractivity contribution in [3.63, 3.8) is 0 Å². The number of esters is 1. The van der Waals surface area contributed by atoms with Gasteiger partial charge in [-0.05, 0) is 31.0 Å². The van der Waals surface area contributed by atoms with Gasteiger partial charge >= 0.3 is 11.6 Å². The van der Waals surface area contributed by atoms with Crippen LogP contribution in [0.5, 0.6) is 0 Å². The van der Waals surface area contributed by atoms with E-state index in [0.717, 1.165) is 16.5 Å². The third-order valence-corrected chi connectivity index (χ3v) is 4.92. The molecule has 0 fully saturated rings. The second kappa shape index (κ2) is 7.83. The molecular formula is C24H19NO5. The van der Waals surface area contributed by atoms with Gasteiger partial charge in [0.05, 0.1) is 11.3 Å². The summed E-state index contributed by atoms with van der Waals surface area (Å²) in [7, 11) is 0. The highest BCUT2D eigenvalue weighted by Crippen LogP contribution is 2.30. The minimum Gasteiger partial charge on any atom is -0.454 e. The van der Waals surface area contributed by atoms with Crippen molar-refractivity contribution in [1.82, 2.24) is 4.98 Å². The summed E-state index contributed by atoms with van der Waals surface area (Å²) in [6.07, 6.45) is 0. The van der Waals surface area contributed by atoms with Crippen LogP contribution in [0.25, 0.3) is 22.2 Å². The molecule has 0 aliphatic heterocycles. The van der Waals surface area contributed by atoms with Gasteiger partial charge in [0.2, 0.25) is 5.78 Å². The number of ketones is 1. The van der Waals surface area contributed by atoms with Crippen LogP contribution in [0.4, 0.5) is 0 Å². The Hall–Kier alpha value is -3.93. The van der Waals surface area contributed by atoms with E-state index >= 15 is 0 Å². The molecule has 6 heteroatoms. The molecule has 6 nitrogen and oxygen atoms in total. The van der Waals surface area contributed by atoms with E-state index in [2.05, 4.69) is 4.98 Å². The fraction of sp³-hybridized carbons (Fsp3) is 0.125. The maximum absolute atomic E-state index is 13.1. The van der Waals surface area contributed by atoms with Gasteiger partial charge in [-0.15, -0.1) is 0 Å². The van der Waals surface area contributed by atoms with Crippen molar-refractivity contribution in [3.05, 3.63) is 93.5 Å². The molecule has 4 aromatic rings. The largest absolute Gasteiger partial charge is 0.454 e. The van der Waals surface area contributed by atoms with E-state index in [0.29, 0.717) is 16.8 Å². The first-order chi connectivity index (χ1) is 14.5. The number of aryl methyl sites for hydroxylation is 2. The van der Waals surface area contributed by atoms with E-state index in [1.165, 1.54) is 13.0 Å². The molecule has 1 N–H and O–H groups in total. The molecule has 150 valence electrons. The molecule has 0 aliphatic rings. The van der Waals surface area contributed by atoms with Crippen molar-refractivity contribution < 1.29 is 18.7 Å². The highest BCUT2D eigenvalue weighted by Gasteiger charge is 2.22. The monoisotopic (exact) mass is 401 g/mol. The average molecular weight is 401 g/mol. The third-order valence-electron chi connectivity index (χ3n) is 4.92. The van der Waals surface area contributed by atoms with Crippen molar-refractivity contribution in [2.24, 2.45) is 0 Å². The van der Waals surface area contributed by atoms with E-state index in [9.17, 15) is 14.4 Å². The van der Waals surface area contributed by atoms with Crippen LogP contribution in [0.3, 0.4) is 0 Å². The minimum absolute atomic E-state index is 0.157. The normalized spacial score (nSPS) is 10.9. The first-order valence-electron chi connectivity index (χ1n) is 9.43. The number of carbonyl (C=O) groups excluding carboxylic acids is 2. The Morgan fingerprint density at radius 1 is 0.967 bits per heavy atom. The fourth-order valence-electron chi connectivity index (χ4n) is 3.59. The third kappa shape index (κ3) is 3.55. The van der Waals surface area contributed by atoms with Gasteiger partial charge in [0.1, 0.15) is 11.3 Å². The molecule has 0 amide bonds. The van der Waals surface area contributed by atoms with Crippen molar-refractivity contribution in [3.8, 4) is 11.3 Å². The molecule has 0 saturated carbocycles. The number of hydrogen-bond acceptors (Lipinski definition) is 5. The zero-order valence-corrected chi connectivity index (χ0v) is 16.5. The first-order valence-corrected chi connectivity index (χ1v) is 9.43. The average Bonchev–Trinajstić information content (AvgIpc) is 3.11. The summed E-state index contributed by atoms with van der Waals surface area (Å²) in [5, 5.41) is 0.760. The van der Waals surface area contributed by atoms with E-state index in [-0.39, 0.29) is 17.1 Å². The van der Waals surface area contributed by atoms with Gasteiger partial charge in [-0.1, -0.05) is 48.5 Å². The maximum atomic E-state index is 13.1. The van der Waals surface area contributed by atoms with E-state index in [1.807, 2.05) is 54.6 Å². The molecule has 2 aromatic heterocycles. The lowest BCUT2D eigenvalue weighted by Gasteiger charge is -2.09. The molecule has 2 aromatic carbocycles. The Morgan fingerprint density at radius 3 is 2.40 bits per heavy atom. The van der Waals surface area contributed by atoms with Gasteiger partial charge in [-0.2, -0.15) is 0 Å². The molecule has 0 atom stereocenters. The summed E-state index contributed by atoms with van der Waals surface area (Å²) in [6.45, 7) is 2.70. The smallest absolute Gasteiger partial charge is 0.342 e. The fourth-order valence-corrected chi connectivity index (χ4v) is 3.59. The molecule has 0 spiro atoms. The van der Waals surface area contributed by atoms with Crippen LogP contribution >= 0.6 is 0 Å². The number of para-hydroxylation sites is 1. The summed E-state index contributed by atoms with van der Waals surface area (Å²) in [4.78, 5) is 40.4. The van der Waals surface area contributed by atoms with E-state index in [1.54, 1.807) is 6.92 Å². The highest BCUT2D eigenvalue weighted by atomic mass is 16.5. The number of aromatic amines is 1. The van der Waals surface area contributed by atoms with Gasteiger partial charge < -0.3 is 14.1 Å². The second-order valence-electron chi connectivity index (χ2n) is 6.97. The van der Waals surface area contributed by atoms with Gasteiger partial charge in [-0.3, -0.25) is 4.79 Å². The number of fused-ring (bicyclic) bond motifs is 1. The first kappa shape index (κ1) is 19.4. The van der Waals surface area contributed by atoms with Crippen LogP contribution in [0.15, 0.2) is 69.9 Å². The molecule has 0 saturated heterocycles. The molecule has 30 heavy (non-hydrogen) atoms. The zero-order chi connectivity index (χ0) is 21.3. The number of Topliss-reactive ketones (excluding diaryl/α,β-unsaturated/α-hetero) is 1. The number of H-pyrrole nitrogens is 1. The number of aromatic nitrogens is 1. The minimum atomic E-state index is -0.705. The highest BCUT2D eigenvalue weighted by molar-refractivity contribution is 6.14. The summed E-state index contributed by atoms with van der Waals surface area (Å²) in [5.41, 5.74) is 2.89. The predicted octanol–water partition coefficient (Wildman–Crippen LogP) is 4.44. The van der Waals surface area contributed by atoms with Crippen LogP contribution in [0.2, 0.25) is 0 Å². The molecule has 2 heterocycles. The van der Waals surface area contributed by atoms with Crippen LogP contribution in [0, 0.1) is 13.8 Å². The Kier molecular flexibility index (Phi) is 5.06. The Morgan fingerprint density at radius 2 is 1.67 bits per heavy atom. The van der Waals surface area contributed by atoms with Gasteiger partial charge in [0.15, 0.2) is 6.61 Å². The number of ether oxygens (including phenoxy) is 1. The maximum Gasteiger partial charge on any atom is 0.342 e. The molecular weight excluding hydrogens is 382 g/mol. The summed E-state index contributed by atoms with van der Waals surface area (Å²) in [6, 6.07) is 18.2. The SMILES string of the molecule is Cc1cc(=O)oc(C)c1C(=O)OCC(=O)c1c(-c2ccccc2)[nH]c2ccccc12. The Bertz CT molecular complexity index is 1290. The lowest BCUT2D eigenvalue weighted by molar-refractivity contribution is 0.0470. The summed E-state index contributed by atoms with van der Waals surface area (Å²) >= 11 is 0. The predicted molar refractivity (Wildman–Crippen MR) is 113 cm³/mol. The summed E-state index contributed by atoms with van der Waals surface area (Å²) < 4.78 is 10.3. The quantitative estimate of drug-likeness (QED) is 0.394. The summed E-state index contributed by atoms with van der Waals surface area (Å²) in [5.74, 6) is -0.870. The Labute approximate surface area is 172 Å². The lowest BCUT2D eigenvalue weighted by Crippen LogP contribution is -2.17. The number of nitrogens with one attached hydrogen (secondary N) is 1. The number of benzene rings is 2. The van der Waals surface area contributed by atoms with Crippen LogP contribution < -0.4 is 5.63 Å². The van der Waals surface area contributed by atoms with E-state index < -0.39 is 18.2 Å². The molecule has 0 radical (unpaired) electrons. The van der Waals surface area contributed by atoms with E-state index in [4.69, 9.17) is 9.15 Å².